The number of amides is 2. The fourth-order valence-corrected chi connectivity index (χ4v) is 3.12. The molecule has 0 bridgehead atoms. The highest BCUT2D eigenvalue weighted by atomic mass is 19.4. The molecule has 1 atom stereocenters. The van der Waals surface area contributed by atoms with E-state index >= 15 is 0 Å². The number of carbonyl (C=O) groups is 2. The number of hydrogen-bond donors (Lipinski definition) is 1. The minimum Gasteiger partial charge on any atom is -0.492 e. The van der Waals surface area contributed by atoms with Crippen LogP contribution < -0.4 is 14.8 Å². The summed E-state index contributed by atoms with van der Waals surface area (Å²) in [5.74, 6) is -0.487. The van der Waals surface area contributed by atoms with E-state index in [1.54, 1.807) is 0 Å². The minimum absolute atomic E-state index is 0.0979. The van der Waals surface area contributed by atoms with Crippen LogP contribution in [0.5, 0.6) is 11.5 Å². The summed E-state index contributed by atoms with van der Waals surface area (Å²) < 4.78 is 46.0. The lowest BCUT2D eigenvalue weighted by molar-refractivity contribution is -0.274. The molecule has 9 heteroatoms. The van der Waals surface area contributed by atoms with Crippen molar-refractivity contribution in [3.8, 4) is 11.5 Å². The minimum atomic E-state index is -4.75. The van der Waals surface area contributed by atoms with E-state index < -0.39 is 12.3 Å². The Balaban J connectivity index is 1.43. The fraction of sp³-hybridized carbons (Fsp3) is 0.333. The molecule has 6 nitrogen and oxygen atoms in total. The molecular formula is C21H21F3N2O4. The van der Waals surface area contributed by atoms with E-state index in [9.17, 15) is 22.8 Å². The second-order valence-corrected chi connectivity index (χ2v) is 6.82. The molecule has 0 saturated carbocycles. The topological polar surface area (TPSA) is 67.9 Å². The highest BCUT2D eigenvalue weighted by Gasteiger charge is 2.34. The van der Waals surface area contributed by atoms with Gasteiger partial charge in [-0.1, -0.05) is 30.3 Å². The number of para-hydroxylation sites is 1. The third kappa shape index (κ3) is 6.40. The maximum absolute atomic E-state index is 12.3. The first-order chi connectivity index (χ1) is 14.3. The first kappa shape index (κ1) is 21.5. The average molecular weight is 422 g/mol. The molecule has 0 spiro atoms. The van der Waals surface area contributed by atoms with Crippen LogP contribution in [-0.4, -0.2) is 42.8 Å². The quantitative estimate of drug-likeness (QED) is 0.664. The largest absolute Gasteiger partial charge is 0.573 e. The van der Waals surface area contributed by atoms with Gasteiger partial charge in [-0.2, -0.15) is 0 Å². The predicted molar refractivity (Wildman–Crippen MR) is 102 cm³/mol. The lowest BCUT2D eigenvalue weighted by Crippen LogP contribution is -2.35. The molecule has 1 heterocycles. The van der Waals surface area contributed by atoms with E-state index in [1.807, 2.05) is 30.3 Å². The van der Waals surface area contributed by atoms with Gasteiger partial charge in [0, 0.05) is 19.5 Å². The van der Waals surface area contributed by atoms with Crippen LogP contribution in [0.2, 0.25) is 0 Å². The van der Waals surface area contributed by atoms with Crippen molar-refractivity contribution in [3.63, 3.8) is 0 Å². The van der Waals surface area contributed by atoms with E-state index in [1.165, 1.54) is 29.2 Å². The normalized spacial score (nSPS) is 16.4. The SMILES string of the molecule is O=C(NCCOc1ccccc1)C1CC(=O)N(Cc2ccc(OC(F)(F)F)cc2)C1. The summed E-state index contributed by atoms with van der Waals surface area (Å²) in [5.41, 5.74) is 0.648. The summed E-state index contributed by atoms with van der Waals surface area (Å²) in [6.07, 6.45) is -4.65. The smallest absolute Gasteiger partial charge is 0.492 e. The van der Waals surface area contributed by atoms with Crippen LogP contribution in [0.25, 0.3) is 0 Å². The molecule has 2 aromatic rings. The number of nitrogens with zero attached hydrogens (tertiary/aromatic N) is 1. The van der Waals surface area contributed by atoms with E-state index in [2.05, 4.69) is 10.1 Å². The van der Waals surface area contributed by atoms with Crippen LogP contribution in [0.15, 0.2) is 54.6 Å². The average Bonchev–Trinajstić information content (AvgIpc) is 3.07. The van der Waals surface area contributed by atoms with Gasteiger partial charge in [0.15, 0.2) is 0 Å². The van der Waals surface area contributed by atoms with Crippen molar-refractivity contribution in [2.75, 3.05) is 19.7 Å². The standard InChI is InChI=1S/C21H21F3N2O4/c22-21(23,24)30-18-8-6-15(7-9-18)13-26-14-16(12-19(26)27)20(28)25-10-11-29-17-4-2-1-3-5-17/h1-9,16H,10-14H2,(H,25,28). The van der Waals surface area contributed by atoms with Crippen LogP contribution in [0.3, 0.4) is 0 Å². The zero-order valence-corrected chi connectivity index (χ0v) is 16.0. The number of ether oxygens (including phenoxy) is 2. The van der Waals surface area contributed by atoms with Gasteiger partial charge in [0.25, 0.3) is 0 Å². The second kappa shape index (κ2) is 9.51. The van der Waals surface area contributed by atoms with Gasteiger partial charge in [-0.3, -0.25) is 9.59 Å². The van der Waals surface area contributed by atoms with Gasteiger partial charge in [-0.15, -0.1) is 13.2 Å². The van der Waals surface area contributed by atoms with E-state index in [0.29, 0.717) is 24.5 Å². The summed E-state index contributed by atoms with van der Waals surface area (Å²) in [6.45, 7) is 1.10. The molecule has 1 aliphatic heterocycles. The molecule has 2 aromatic carbocycles. The zero-order valence-electron chi connectivity index (χ0n) is 16.0. The van der Waals surface area contributed by atoms with E-state index in [0.717, 1.165) is 0 Å². The Bertz CT molecular complexity index is 857. The molecule has 30 heavy (non-hydrogen) atoms. The lowest BCUT2D eigenvalue weighted by atomic mass is 10.1. The van der Waals surface area contributed by atoms with Gasteiger partial charge in [0.2, 0.25) is 11.8 Å². The summed E-state index contributed by atoms with van der Waals surface area (Å²) in [5, 5.41) is 2.76. The number of likely N-dealkylation sites (tertiary alicyclic amines) is 1. The molecule has 1 N–H and O–H groups in total. The van der Waals surface area contributed by atoms with Gasteiger partial charge < -0.3 is 19.7 Å². The maximum atomic E-state index is 12.3. The Kier molecular flexibility index (Phi) is 6.81. The van der Waals surface area contributed by atoms with E-state index in [4.69, 9.17) is 4.74 Å². The number of rotatable bonds is 8. The summed E-state index contributed by atoms with van der Waals surface area (Å²) in [6, 6.07) is 14.5. The third-order valence-corrected chi connectivity index (χ3v) is 4.53. The molecule has 1 fully saturated rings. The van der Waals surface area contributed by atoms with Crippen LogP contribution in [-0.2, 0) is 16.1 Å². The van der Waals surface area contributed by atoms with Crippen molar-refractivity contribution in [1.82, 2.24) is 10.2 Å². The molecule has 160 valence electrons. The first-order valence-electron chi connectivity index (χ1n) is 9.38. The molecule has 1 saturated heterocycles. The summed E-state index contributed by atoms with van der Waals surface area (Å²) in [4.78, 5) is 26.0. The number of alkyl halides is 3. The van der Waals surface area contributed by atoms with Gasteiger partial charge in [0.1, 0.15) is 18.1 Å². The number of hydrogen-bond acceptors (Lipinski definition) is 4. The Hall–Kier alpha value is -3.23. The Morgan fingerprint density at radius 1 is 1.07 bits per heavy atom. The van der Waals surface area contributed by atoms with Gasteiger partial charge in [0.05, 0.1) is 12.5 Å². The Morgan fingerprint density at radius 2 is 1.77 bits per heavy atom. The number of nitrogens with one attached hydrogen (secondary N) is 1. The number of carbonyl (C=O) groups excluding carboxylic acids is 2. The second-order valence-electron chi connectivity index (χ2n) is 6.82. The van der Waals surface area contributed by atoms with Crippen LogP contribution >= 0.6 is 0 Å². The van der Waals surface area contributed by atoms with Crippen molar-refractivity contribution < 1.29 is 32.2 Å². The molecular weight excluding hydrogens is 401 g/mol. The molecule has 2 amide bonds. The summed E-state index contributed by atoms with van der Waals surface area (Å²) in [7, 11) is 0. The predicted octanol–water partition coefficient (Wildman–Crippen LogP) is 3.13. The molecule has 3 rings (SSSR count). The van der Waals surface area contributed by atoms with Gasteiger partial charge in [-0.25, -0.2) is 0 Å². The first-order valence-corrected chi connectivity index (χ1v) is 9.38. The van der Waals surface area contributed by atoms with Crippen molar-refractivity contribution in [1.29, 1.82) is 0 Å². The maximum Gasteiger partial charge on any atom is 0.573 e. The van der Waals surface area contributed by atoms with Crippen molar-refractivity contribution in [2.45, 2.75) is 19.3 Å². The number of halogens is 3. The Labute approximate surface area is 171 Å². The molecule has 1 aliphatic rings. The summed E-state index contributed by atoms with van der Waals surface area (Å²) >= 11 is 0. The lowest BCUT2D eigenvalue weighted by Gasteiger charge is -2.17. The van der Waals surface area contributed by atoms with Crippen molar-refractivity contribution in [3.05, 3.63) is 60.2 Å². The third-order valence-electron chi connectivity index (χ3n) is 4.53. The highest BCUT2D eigenvalue weighted by molar-refractivity contribution is 5.89. The monoisotopic (exact) mass is 422 g/mol. The zero-order chi connectivity index (χ0) is 21.6. The van der Waals surface area contributed by atoms with Gasteiger partial charge >= 0.3 is 6.36 Å². The fourth-order valence-electron chi connectivity index (χ4n) is 3.12. The molecule has 0 aromatic heterocycles. The number of benzene rings is 2. The van der Waals surface area contributed by atoms with Crippen LogP contribution in [0, 0.1) is 5.92 Å². The van der Waals surface area contributed by atoms with E-state index in [-0.39, 0.29) is 37.1 Å². The van der Waals surface area contributed by atoms with Crippen molar-refractivity contribution in [2.24, 2.45) is 5.92 Å². The Morgan fingerprint density at radius 3 is 2.43 bits per heavy atom. The van der Waals surface area contributed by atoms with Gasteiger partial charge in [-0.05, 0) is 29.8 Å². The van der Waals surface area contributed by atoms with Crippen LogP contribution in [0.1, 0.15) is 12.0 Å². The molecule has 0 radical (unpaired) electrons. The highest BCUT2D eigenvalue weighted by Crippen LogP contribution is 2.24. The molecule has 0 aliphatic carbocycles. The van der Waals surface area contributed by atoms with Crippen LogP contribution in [0.4, 0.5) is 13.2 Å². The van der Waals surface area contributed by atoms with Crippen molar-refractivity contribution >= 4 is 11.8 Å². The molecule has 1 unspecified atom stereocenters.